The average molecular weight is 304 g/mol. The van der Waals surface area contributed by atoms with E-state index in [1.165, 1.54) is 25.3 Å². The van der Waals surface area contributed by atoms with Gasteiger partial charge in [0, 0.05) is 25.8 Å². The van der Waals surface area contributed by atoms with Crippen LogP contribution in [0, 0.1) is 0 Å². The molecule has 0 atom stereocenters. The second-order valence-electron chi connectivity index (χ2n) is 4.13. The van der Waals surface area contributed by atoms with Gasteiger partial charge in [-0.25, -0.2) is 0 Å². The summed E-state index contributed by atoms with van der Waals surface area (Å²) in [5, 5.41) is 4.31. The van der Waals surface area contributed by atoms with Crippen molar-refractivity contribution in [1.82, 2.24) is 5.32 Å². The van der Waals surface area contributed by atoms with Gasteiger partial charge in [-0.15, -0.1) is 0 Å². The van der Waals surface area contributed by atoms with Crippen LogP contribution in [-0.2, 0) is 20.9 Å². The van der Waals surface area contributed by atoms with Crippen LogP contribution in [0.4, 0.5) is 18.9 Å². The lowest BCUT2D eigenvalue weighted by atomic mass is 10.1. The monoisotopic (exact) mass is 304 g/mol. The lowest BCUT2D eigenvalue weighted by molar-refractivity contribution is -0.167. The third-order valence-corrected chi connectivity index (χ3v) is 2.53. The number of carbonyl (C=O) groups excluding carboxylic acids is 2. The summed E-state index contributed by atoms with van der Waals surface area (Å²) in [6.45, 7) is 0.259. The third kappa shape index (κ3) is 5.82. The highest BCUT2D eigenvalue weighted by atomic mass is 19.4. The largest absolute Gasteiger partial charge is 0.471 e. The van der Waals surface area contributed by atoms with Crippen molar-refractivity contribution in [1.29, 1.82) is 0 Å². The summed E-state index contributed by atoms with van der Waals surface area (Å²) in [6, 6.07) is 5.94. The molecule has 1 aromatic carbocycles. The summed E-state index contributed by atoms with van der Waals surface area (Å²) in [6.07, 6.45) is -4.82. The molecular weight excluding hydrogens is 289 g/mol. The molecule has 0 fully saturated rings. The Kier molecular flexibility index (Phi) is 6.16. The van der Waals surface area contributed by atoms with E-state index in [0.717, 1.165) is 0 Å². The zero-order chi connectivity index (χ0) is 15.9. The Labute approximate surface area is 119 Å². The van der Waals surface area contributed by atoms with Crippen LogP contribution in [0.3, 0.4) is 0 Å². The number of hydrogen-bond acceptors (Lipinski definition) is 3. The van der Waals surface area contributed by atoms with Gasteiger partial charge in [0.2, 0.25) is 5.91 Å². The molecule has 1 aromatic rings. The Bertz CT molecular complexity index is 504. The number of benzene rings is 1. The molecule has 0 bridgehead atoms. The van der Waals surface area contributed by atoms with Gasteiger partial charge in [-0.05, 0) is 11.6 Å². The molecular formula is C13H15F3N2O3. The third-order valence-electron chi connectivity index (χ3n) is 2.53. The Morgan fingerprint density at radius 2 is 1.90 bits per heavy atom. The van der Waals surface area contributed by atoms with Gasteiger partial charge in [0.1, 0.15) is 0 Å². The van der Waals surface area contributed by atoms with Crippen molar-refractivity contribution in [3.63, 3.8) is 0 Å². The van der Waals surface area contributed by atoms with Crippen molar-refractivity contribution in [2.75, 3.05) is 19.0 Å². The van der Waals surface area contributed by atoms with Crippen LogP contribution in [0.15, 0.2) is 24.3 Å². The summed E-state index contributed by atoms with van der Waals surface area (Å²) in [5.41, 5.74) is 0.382. The molecule has 116 valence electrons. The van der Waals surface area contributed by atoms with Crippen LogP contribution >= 0.6 is 0 Å². The maximum atomic E-state index is 12.2. The number of ether oxygens (including phenoxy) is 1. The minimum atomic E-state index is -4.96. The molecule has 0 aliphatic heterocycles. The number of rotatable bonds is 6. The van der Waals surface area contributed by atoms with E-state index in [0.29, 0.717) is 5.56 Å². The molecule has 2 N–H and O–H groups in total. The summed E-state index contributed by atoms with van der Waals surface area (Å²) < 4.78 is 41.4. The smallest absolute Gasteiger partial charge is 0.384 e. The molecule has 0 unspecified atom stereocenters. The fourth-order valence-corrected chi connectivity index (χ4v) is 1.47. The van der Waals surface area contributed by atoms with Gasteiger partial charge >= 0.3 is 12.1 Å². The van der Waals surface area contributed by atoms with Crippen LogP contribution in [0.2, 0.25) is 0 Å². The first-order chi connectivity index (χ1) is 9.84. The molecule has 0 radical (unpaired) electrons. The lowest BCUT2D eigenvalue weighted by Gasteiger charge is -2.13. The number of carbonyl (C=O) groups is 2. The molecule has 0 saturated heterocycles. The van der Waals surface area contributed by atoms with E-state index in [9.17, 15) is 22.8 Å². The Morgan fingerprint density at radius 3 is 2.52 bits per heavy atom. The molecule has 0 saturated carbocycles. The maximum absolute atomic E-state index is 12.2. The van der Waals surface area contributed by atoms with Gasteiger partial charge in [0.25, 0.3) is 0 Å². The molecule has 0 aromatic heterocycles. The molecule has 5 nitrogen and oxygen atoms in total. The average Bonchev–Trinajstić information content (AvgIpc) is 2.43. The molecule has 0 aliphatic carbocycles. The predicted molar refractivity (Wildman–Crippen MR) is 69.5 cm³/mol. The highest BCUT2D eigenvalue weighted by Gasteiger charge is 2.38. The Hall–Kier alpha value is -2.09. The summed E-state index contributed by atoms with van der Waals surface area (Å²) >= 11 is 0. The molecule has 0 heterocycles. The molecule has 1 rings (SSSR count). The fourth-order valence-electron chi connectivity index (χ4n) is 1.47. The standard InChI is InChI=1S/C13H15F3N2O3/c1-21-7-6-11(19)17-8-9-4-2-3-5-10(9)18-12(20)13(14,15)16/h2-5H,6-8H2,1H3,(H,17,19)(H,18,20). The molecule has 2 amide bonds. The highest BCUT2D eigenvalue weighted by Crippen LogP contribution is 2.20. The zero-order valence-electron chi connectivity index (χ0n) is 11.3. The fraction of sp³-hybridized carbons (Fsp3) is 0.385. The first-order valence-electron chi connectivity index (χ1n) is 6.06. The van der Waals surface area contributed by atoms with E-state index < -0.39 is 12.1 Å². The number of alkyl halides is 3. The summed E-state index contributed by atoms with van der Waals surface area (Å²) in [7, 11) is 1.45. The molecule has 8 heteroatoms. The van der Waals surface area contributed by atoms with Gasteiger partial charge in [-0.2, -0.15) is 13.2 Å². The Balaban J connectivity index is 2.67. The van der Waals surface area contributed by atoms with Gasteiger partial charge in [0.15, 0.2) is 0 Å². The summed E-state index contributed by atoms with van der Waals surface area (Å²) in [5.74, 6) is -2.35. The van der Waals surface area contributed by atoms with Crippen molar-refractivity contribution < 1.29 is 27.5 Å². The molecule has 0 spiro atoms. The zero-order valence-corrected chi connectivity index (χ0v) is 11.3. The highest BCUT2D eigenvalue weighted by molar-refractivity contribution is 5.95. The van der Waals surface area contributed by atoms with E-state index in [-0.39, 0.29) is 31.2 Å². The van der Waals surface area contributed by atoms with Gasteiger partial charge in [0.05, 0.1) is 6.61 Å². The van der Waals surface area contributed by atoms with Crippen molar-refractivity contribution in [2.24, 2.45) is 0 Å². The van der Waals surface area contributed by atoms with Crippen LogP contribution < -0.4 is 10.6 Å². The van der Waals surface area contributed by atoms with Crippen LogP contribution in [0.5, 0.6) is 0 Å². The first-order valence-corrected chi connectivity index (χ1v) is 6.06. The van der Waals surface area contributed by atoms with Crippen molar-refractivity contribution >= 4 is 17.5 Å². The van der Waals surface area contributed by atoms with Gasteiger partial charge in [-0.3, -0.25) is 9.59 Å². The first kappa shape index (κ1) is 17.0. The number of anilines is 1. The van der Waals surface area contributed by atoms with E-state index >= 15 is 0 Å². The number of para-hydroxylation sites is 1. The van der Waals surface area contributed by atoms with Crippen LogP contribution in [0.25, 0.3) is 0 Å². The van der Waals surface area contributed by atoms with E-state index in [2.05, 4.69) is 5.32 Å². The Morgan fingerprint density at radius 1 is 1.24 bits per heavy atom. The van der Waals surface area contributed by atoms with E-state index in [1.54, 1.807) is 11.4 Å². The SMILES string of the molecule is COCCC(=O)NCc1ccccc1NC(=O)C(F)(F)F. The topological polar surface area (TPSA) is 67.4 Å². The number of nitrogens with one attached hydrogen (secondary N) is 2. The number of hydrogen-bond donors (Lipinski definition) is 2. The van der Waals surface area contributed by atoms with Crippen molar-refractivity contribution in [3.05, 3.63) is 29.8 Å². The summed E-state index contributed by atoms with van der Waals surface area (Å²) in [4.78, 5) is 22.3. The number of halogens is 3. The normalized spacial score (nSPS) is 11.0. The van der Waals surface area contributed by atoms with Crippen LogP contribution in [-0.4, -0.2) is 31.7 Å². The van der Waals surface area contributed by atoms with Crippen LogP contribution in [0.1, 0.15) is 12.0 Å². The lowest BCUT2D eigenvalue weighted by Crippen LogP contribution is -2.31. The second-order valence-corrected chi connectivity index (χ2v) is 4.13. The second kappa shape index (κ2) is 7.63. The number of amides is 2. The van der Waals surface area contributed by atoms with Crippen molar-refractivity contribution in [2.45, 2.75) is 19.1 Å². The minimum Gasteiger partial charge on any atom is -0.384 e. The van der Waals surface area contributed by atoms with E-state index in [1.807, 2.05) is 0 Å². The quantitative estimate of drug-likeness (QED) is 0.842. The maximum Gasteiger partial charge on any atom is 0.471 e. The molecule has 0 aliphatic rings. The van der Waals surface area contributed by atoms with Gasteiger partial charge < -0.3 is 15.4 Å². The predicted octanol–water partition coefficient (Wildman–Crippen LogP) is 1.84. The van der Waals surface area contributed by atoms with Crippen molar-refractivity contribution in [3.8, 4) is 0 Å². The van der Waals surface area contributed by atoms with E-state index in [4.69, 9.17) is 4.74 Å². The molecule has 21 heavy (non-hydrogen) atoms. The van der Waals surface area contributed by atoms with Gasteiger partial charge in [-0.1, -0.05) is 18.2 Å². The number of methoxy groups -OCH3 is 1. The minimum absolute atomic E-state index is 0.00636.